The zero-order valence-electron chi connectivity index (χ0n) is 67.2. The van der Waals surface area contributed by atoms with E-state index in [1.54, 1.807) is 47.9 Å². The summed E-state index contributed by atoms with van der Waals surface area (Å²) in [5, 5.41) is 17.7. The molecule has 5 fully saturated rings. The molecule has 5 aliphatic rings. The standard InChI is InChI=1S/C17H22ClFN2O3.C16H20ClFN2O3.2C16H19F4N3O2.C15H17F4N3O2/c1-11(2)10-24-17(23)21-7-3-4-12(9-21)16(22)20-13-5-6-14(18)15(19)8-13;1-2-8-23-16(22)20-7-3-4-11(10-20)15(21)19-12-5-6-13(17)14(18)9-12;1-22(2)15(25)23-7-3-4-10(9-23)14(24)21-11-5-6-12(13(17)8-11)16(18,19)20;1-2-21-15(25)23-7-3-4-10(9-23)14(24)22-11-5-6-12(13(17)8-11)16(18,19)20;1-20-14(24)22-6-2-3-9(8-22)13(23)21-10-4-5-11(12(16)7-10)15(17,18)19/h5-6,8,11-12H,3-4,7,9-10H2,1-2H3,(H,20,22);5-6,9,11H,2-4,7-8,10H2,1H3,(H,19,21);5-6,8,10H,3-4,7,9H2,1-2H3,(H,21,24);5-6,8,10H,2-4,7,9H2,1H3,(H,21,25)(H,22,24);4-5,7,9H,2-3,6,8H2,1H3,(H,20,24)(H,21,23). The number of carbonyl (C=O) groups is 10. The normalized spacial score (nSPS) is 17.9. The van der Waals surface area contributed by atoms with Gasteiger partial charge in [-0.1, -0.05) is 44.0 Å². The molecule has 10 rings (SSSR count). The number of amides is 13. The van der Waals surface area contributed by atoms with E-state index in [2.05, 4.69) is 37.2 Å². The van der Waals surface area contributed by atoms with Crippen molar-refractivity contribution in [3.63, 3.8) is 0 Å². The Bertz CT molecular complexity index is 4400. The quantitative estimate of drug-likeness (QED) is 0.0482. The lowest BCUT2D eigenvalue weighted by molar-refractivity contribution is -0.140. The highest BCUT2D eigenvalue weighted by atomic mass is 35.5. The Kier molecular flexibility index (Phi) is 38.1. The van der Waals surface area contributed by atoms with Crippen LogP contribution in [-0.2, 0) is 52.0 Å². The van der Waals surface area contributed by atoms with E-state index in [0.29, 0.717) is 165 Å². The summed E-state index contributed by atoms with van der Waals surface area (Å²) in [6.07, 6.45) is -8.03. The van der Waals surface area contributed by atoms with Crippen LogP contribution in [-0.4, -0.2) is 196 Å². The van der Waals surface area contributed by atoms with Gasteiger partial charge in [0.1, 0.15) is 29.1 Å². The summed E-state index contributed by atoms with van der Waals surface area (Å²) in [4.78, 5) is 130. The highest BCUT2D eigenvalue weighted by molar-refractivity contribution is 6.31. The van der Waals surface area contributed by atoms with Crippen LogP contribution in [0.1, 0.15) is 115 Å². The number of piperidine rings is 5. The number of hydrogen-bond donors (Lipinski definition) is 7. The topological polar surface area (TPSA) is 293 Å². The summed E-state index contributed by atoms with van der Waals surface area (Å²) in [5.74, 6) is -9.25. The molecule has 0 bridgehead atoms. The average molecular weight is 1770 g/mol. The van der Waals surface area contributed by atoms with Crippen molar-refractivity contribution >= 4 is 111 Å². The lowest BCUT2D eigenvalue weighted by atomic mass is 9.97. The van der Waals surface area contributed by atoms with Crippen LogP contribution < -0.4 is 37.2 Å². The second-order valence-corrected chi connectivity index (χ2v) is 30.2. The van der Waals surface area contributed by atoms with Gasteiger partial charge < -0.3 is 76.1 Å². The molecule has 5 heterocycles. The van der Waals surface area contributed by atoms with Gasteiger partial charge in [0.25, 0.3) is 0 Å². The molecule has 5 aromatic carbocycles. The van der Waals surface area contributed by atoms with Crippen molar-refractivity contribution in [2.45, 2.75) is 117 Å². The van der Waals surface area contributed by atoms with E-state index in [1.165, 1.54) is 46.0 Å². The number of carbonyl (C=O) groups excluding carboxylic acids is 10. The second kappa shape index (κ2) is 46.4. The lowest BCUT2D eigenvalue weighted by Gasteiger charge is -2.33. The van der Waals surface area contributed by atoms with E-state index < -0.39 is 106 Å². The Morgan fingerprint density at radius 3 is 0.983 bits per heavy atom. The highest BCUT2D eigenvalue weighted by Crippen LogP contribution is 2.37. The van der Waals surface area contributed by atoms with E-state index in [0.717, 1.165) is 37.5 Å². The number of nitrogens with one attached hydrogen (secondary N) is 7. The maximum Gasteiger partial charge on any atom is 0.419 e. The molecule has 666 valence electrons. The van der Waals surface area contributed by atoms with Crippen molar-refractivity contribution in [3.05, 3.63) is 147 Å². The molecule has 5 unspecified atom stereocenters. The van der Waals surface area contributed by atoms with Crippen molar-refractivity contribution in [3.8, 4) is 0 Å². The molecule has 0 spiro atoms. The number of alkyl halides is 9. The maximum absolute atomic E-state index is 13.6. The number of nitrogens with zero attached hydrogens (tertiary/aromatic N) is 6. The Labute approximate surface area is 699 Å². The number of anilines is 5. The first kappa shape index (κ1) is 99.2. The molecule has 0 aliphatic carbocycles. The molecule has 5 atom stereocenters. The van der Waals surface area contributed by atoms with Crippen molar-refractivity contribution < 1.29 is 119 Å². The van der Waals surface area contributed by atoms with Crippen molar-refractivity contribution in [2.75, 3.05) is 133 Å². The minimum absolute atomic E-state index is 0.00439. The third kappa shape index (κ3) is 31.4. The van der Waals surface area contributed by atoms with Gasteiger partial charge in [-0.05, 0) is 174 Å². The molecule has 0 saturated carbocycles. The first-order chi connectivity index (χ1) is 56.9. The zero-order valence-corrected chi connectivity index (χ0v) is 68.7. The fourth-order valence-corrected chi connectivity index (χ4v) is 13.2. The number of halogens is 16. The van der Waals surface area contributed by atoms with Gasteiger partial charge in [-0.2, -0.15) is 39.5 Å². The number of hydrogen-bond acceptors (Lipinski definition) is 12. The first-order valence-electron chi connectivity index (χ1n) is 38.7. The van der Waals surface area contributed by atoms with Crippen LogP contribution in [0.4, 0.5) is 114 Å². The lowest BCUT2D eigenvalue weighted by Crippen LogP contribution is -2.47. The molecule has 5 aromatic rings. The summed E-state index contributed by atoms with van der Waals surface area (Å²) in [7, 11) is 4.70. The van der Waals surface area contributed by atoms with Crippen molar-refractivity contribution in [1.29, 1.82) is 0 Å². The molecule has 5 saturated heterocycles. The number of likely N-dealkylation sites (tertiary alicyclic amines) is 5. The first-order valence-corrected chi connectivity index (χ1v) is 39.5. The molecular formula is C80H97Cl2F14N13O12. The summed E-state index contributed by atoms with van der Waals surface area (Å²) in [6, 6.07) is 14.2. The molecule has 0 aromatic heterocycles. The predicted molar refractivity (Wildman–Crippen MR) is 422 cm³/mol. The molecule has 41 heteroatoms. The number of rotatable bonds is 15. The molecule has 7 N–H and O–H groups in total. The summed E-state index contributed by atoms with van der Waals surface area (Å²) < 4.78 is 191. The third-order valence-electron chi connectivity index (χ3n) is 19.2. The number of benzene rings is 5. The van der Waals surface area contributed by atoms with E-state index in [4.69, 9.17) is 32.7 Å². The number of urea groups is 3. The average Bonchev–Trinajstić information content (AvgIpc) is 0.825. The van der Waals surface area contributed by atoms with E-state index in [-0.39, 0.29) is 100 Å². The molecule has 13 amide bonds. The smallest absolute Gasteiger partial charge is 0.419 e. The monoisotopic (exact) mass is 1770 g/mol. The van der Waals surface area contributed by atoms with Gasteiger partial charge in [-0.25, -0.2) is 45.9 Å². The second-order valence-electron chi connectivity index (χ2n) is 29.4. The summed E-state index contributed by atoms with van der Waals surface area (Å²) >= 11 is 11.2. The molecule has 0 radical (unpaired) electrons. The van der Waals surface area contributed by atoms with Crippen LogP contribution in [0.2, 0.25) is 10.0 Å². The fraction of sp³-hybridized carbons (Fsp3) is 0.500. The van der Waals surface area contributed by atoms with Gasteiger partial charge in [0, 0.05) is 122 Å². The van der Waals surface area contributed by atoms with E-state index in [1.807, 2.05) is 20.8 Å². The van der Waals surface area contributed by atoms with Crippen LogP contribution in [0.15, 0.2) is 91.0 Å². The largest absolute Gasteiger partial charge is 0.449 e. The van der Waals surface area contributed by atoms with Gasteiger partial charge >= 0.3 is 48.8 Å². The van der Waals surface area contributed by atoms with Gasteiger partial charge in [0.15, 0.2) is 0 Å². The van der Waals surface area contributed by atoms with Crippen LogP contribution in [0.25, 0.3) is 0 Å². The van der Waals surface area contributed by atoms with Crippen LogP contribution in [0.3, 0.4) is 0 Å². The SMILES string of the molecule is CC(C)COC(=O)N1CCCC(C(=O)Nc2ccc(Cl)c(F)c2)C1.CCCOC(=O)N1CCCC(C(=O)Nc2ccc(Cl)c(F)c2)C1.CCNC(=O)N1CCCC(C(=O)Nc2ccc(C(F)(F)F)c(F)c2)C1.CN(C)C(=O)N1CCCC(C(=O)Nc2ccc(C(F)(F)F)c(F)c2)C1.CNC(=O)N1CCCC(C(=O)Nc2ccc(C(F)(F)F)c(F)c2)C1. The molecule has 25 nitrogen and oxygen atoms in total. The summed E-state index contributed by atoms with van der Waals surface area (Å²) in [5.41, 5.74) is -3.61. The van der Waals surface area contributed by atoms with E-state index >= 15 is 0 Å². The maximum atomic E-state index is 13.6. The van der Waals surface area contributed by atoms with Crippen molar-refractivity contribution in [2.24, 2.45) is 35.5 Å². The Balaban J connectivity index is 0.000000234. The summed E-state index contributed by atoms with van der Waals surface area (Å²) in [6.45, 7) is 12.8. The Hall–Kier alpha value is -10.6. The van der Waals surface area contributed by atoms with Crippen molar-refractivity contribution in [1.82, 2.24) is 40.0 Å². The molecule has 5 aliphatic heterocycles. The van der Waals surface area contributed by atoms with Crippen LogP contribution in [0.5, 0.6) is 0 Å². The van der Waals surface area contributed by atoms with Gasteiger partial charge in [0.05, 0.1) is 69.5 Å². The fourth-order valence-electron chi connectivity index (χ4n) is 13.0. The van der Waals surface area contributed by atoms with Gasteiger partial charge in [0.2, 0.25) is 29.5 Å². The minimum atomic E-state index is -4.79. The van der Waals surface area contributed by atoms with Gasteiger partial charge in [-0.15, -0.1) is 0 Å². The minimum Gasteiger partial charge on any atom is -0.449 e. The number of ether oxygens (including phenoxy) is 2. The third-order valence-corrected chi connectivity index (χ3v) is 19.8. The Morgan fingerprint density at radius 1 is 0.421 bits per heavy atom. The van der Waals surface area contributed by atoms with E-state index in [9.17, 15) is 109 Å². The van der Waals surface area contributed by atoms with Crippen LogP contribution in [0, 0.1) is 64.6 Å². The highest BCUT2D eigenvalue weighted by Gasteiger charge is 2.39. The predicted octanol–water partition coefficient (Wildman–Crippen LogP) is 16.8. The van der Waals surface area contributed by atoms with Gasteiger partial charge in [-0.3, -0.25) is 24.0 Å². The Morgan fingerprint density at radius 2 is 0.702 bits per heavy atom. The zero-order chi connectivity index (χ0) is 89.8. The molecule has 121 heavy (non-hydrogen) atoms. The molecular weight excluding hydrogens is 1670 g/mol. The van der Waals surface area contributed by atoms with Crippen LogP contribution >= 0.6 is 23.2 Å².